The zero-order chi connectivity index (χ0) is 77.1. The van der Waals surface area contributed by atoms with Gasteiger partial charge >= 0.3 is 5.71 Å². The van der Waals surface area contributed by atoms with Gasteiger partial charge in [-0.3, -0.25) is 34.1 Å². The Labute approximate surface area is 630 Å². The number of rotatable bonds is 1. The summed E-state index contributed by atoms with van der Waals surface area (Å²) >= 11 is 1.85. The molecule has 15 aromatic heterocycles. The van der Waals surface area contributed by atoms with Gasteiger partial charge in [-0.15, -0.1) is 0 Å². The Morgan fingerprint density at radius 3 is 1.28 bits per heavy atom. The van der Waals surface area contributed by atoms with Crippen LogP contribution in [0.4, 0.5) is 0 Å². The number of benzene rings is 6. The number of hydrogen-bond donors (Lipinski definition) is 0. The average Bonchev–Trinajstić information content (AvgIpc) is 1.53. The number of hydrogen-bond acceptors (Lipinski definition) is 7. The molecule has 0 unspecified atom stereocenters. The lowest BCUT2D eigenvalue weighted by Crippen LogP contribution is -2.31. The summed E-state index contributed by atoms with van der Waals surface area (Å²) in [6.45, 7) is -0.879. The van der Waals surface area contributed by atoms with Crippen LogP contribution >= 0.6 is 11.3 Å². The van der Waals surface area contributed by atoms with Gasteiger partial charge in [0.1, 0.15) is 40.9 Å². The molecule has 0 fully saturated rings. The molecule has 0 N–H and O–H groups in total. The van der Waals surface area contributed by atoms with Crippen LogP contribution in [-0.4, -0.2) is 61.5 Å². The van der Waals surface area contributed by atoms with Crippen molar-refractivity contribution < 1.29 is 35.5 Å². The van der Waals surface area contributed by atoms with E-state index >= 15 is 0 Å². The average molecular weight is 1430 g/mol. The molecule has 0 saturated heterocycles. The van der Waals surface area contributed by atoms with Crippen LogP contribution in [0, 0.1) is 0 Å². The van der Waals surface area contributed by atoms with Crippen molar-refractivity contribution in [3.63, 3.8) is 0 Å². The Morgan fingerprint density at radius 2 is 0.750 bits per heavy atom. The summed E-state index contributed by atoms with van der Waals surface area (Å²) in [5.41, 5.74) is 26.7. The maximum Gasteiger partial charge on any atom is 0.339 e. The first-order valence-electron chi connectivity index (χ1n) is 39.1. The Bertz CT molecular complexity index is 7500. The summed E-state index contributed by atoms with van der Waals surface area (Å²) in [4.78, 5) is 22.8. The quantitative estimate of drug-likeness (QED) is 0.150. The number of thiophene rings is 1. The maximum atomic E-state index is 8.13. The molecular formula is C88H71N18OS+5. The highest BCUT2D eigenvalue weighted by Crippen LogP contribution is 2.44. The first kappa shape index (κ1) is 56.0. The van der Waals surface area contributed by atoms with E-state index in [1.165, 1.54) is 149 Å². The fraction of sp³-hybridized carbons (Fsp3) is 0.136. The van der Waals surface area contributed by atoms with Crippen molar-refractivity contribution in [2.45, 2.75) is 32.7 Å². The van der Waals surface area contributed by atoms with Crippen LogP contribution in [0.2, 0.25) is 0 Å². The molecule has 20 heterocycles. The first-order chi connectivity index (χ1) is 55.5. The fourth-order valence-corrected chi connectivity index (χ4v) is 19.4. The minimum absolute atomic E-state index is 0.169. The standard InChI is InChI=1S/C22H17N4.2C17H15N4.C16H12N3O.C16H12N3S/c1-24-21-17-10-6-5-7-15(17)14-25(21)20-18-13-23-12-11-19(18)26(22(20)24)16-8-3-2-4-9-16;2*1-19-14-7-8-18-9-13(14)15-17(19)20(2)16-12-6-4-3-5-11(12)10-21(15)16;2*1-18-15-11-5-3-2-4-10(11)9-19(15)14-12-8-17-7-6-13(12)20-16(14)18/h2-13H,14H2,1H3;2*3-9H,10H2,1-2H3;2*2-8H,9H2,1H3/q5*+1/i;1D3,2D3;;;. The lowest BCUT2D eigenvalue weighted by atomic mass is 10.1. The van der Waals surface area contributed by atoms with Crippen molar-refractivity contribution in [2.75, 3.05) is 0 Å². The number of pyridine rings is 5. The second-order valence-corrected chi connectivity index (χ2v) is 29.5. The van der Waals surface area contributed by atoms with Gasteiger partial charge < -0.3 is 4.42 Å². The number of fused-ring (bicyclic) bond motifs is 35. The van der Waals surface area contributed by atoms with Crippen molar-refractivity contribution in [1.29, 1.82) is 0 Å². The summed E-state index contributed by atoms with van der Waals surface area (Å²) in [5, 5.41) is 5.39. The predicted molar refractivity (Wildman–Crippen MR) is 422 cm³/mol. The second-order valence-electron chi connectivity index (χ2n) is 28.4. The number of furan rings is 1. The highest BCUT2D eigenvalue weighted by atomic mass is 32.1. The van der Waals surface area contributed by atoms with Gasteiger partial charge in [-0.2, -0.15) is 4.57 Å². The summed E-state index contributed by atoms with van der Waals surface area (Å²) in [7, 11) is 10.7. The summed E-state index contributed by atoms with van der Waals surface area (Å²) in [5.74, 6) is 5.57. The smallest absolute Gasteiger partial charge is 0.339 e. The van der Waals surface area contributed by atoms with E-state index in [1.54, 1.807) is 18.5 Å². The van der Waals surface area contributed by atoms with Crippen LogP contribution < -0.4 is 22.8 Å². The van der Waals surface area contributed by atoms with E-state index in [1.807, 2.05) is 89.6 Å². The van der Waals surface area contributed by atoms with Gasteiger partial charge in [0.2, 0.25) is 27.8 Å². The third-order valence-electron chi connectivity index (χ3n) is 22.8. The highest BCUT2D eigenvalue weighted by Gasteiger charge is 2.41. The Morgan fingerprint density at radius 1 is 0.361 bits per heavy atom. The van der Waals surface area contributed by atoms with Crippen LogP contribution in [0.3, 0.4) is 0 Å². The molecule has 520 valence electrons. The van der Waals surface area contributed by atoms with Crippen LogP contribution in [0.1, 0.15) is 36.0 Å². The van der Waals surface area contributed by atoms with Gasteiger partial charge in [0.15, 0.2) is 22.1 Å². The third-order valence-corrected chi connectivity index (χ3v) is 24.0. The number of aromatic nitrogens is 18. The molecule has 0 aliphatic carbocycles. The molecule has 5 aliphatic rings. The van der Waals surface area contributed by atoms with E-state index in [9.17, 15) is 0 Å². The Balaban J connectivity index is 0.0000000873. The van der Waals surface area contributed by atoms with E-state index in [0.29, 0.717) is 28.8 Å². The normalized spacial score (nSPS) is 14.0. The lowest BCUT2D eigenvalue weighted by Gasteiger charge is -2.03. The summed E-state index contributed by atoms with van der Waals surface area (Å²) in [6.07, 6.45) is 18.3. The van der Waals surface area contributed by atoms with E-state index < -0.39 is 14.0 Å². The van der Waals surface area contributed by atoms with Crippen molar-refractivity contribution in [2.24, 2.45) is 49.2 Å². The molecule has 0 atom stereocenters. The topological polar surface area (TPSA) is 136 Å². The van der Waals surface area contributed by atoms with Crippen LogP contribution in [-0.2, 0) is 81.9 Å². The Hall–Kier alpha value is -13.5. The number of aryl methyl sites for hydroxylation is 7. The molecule has 0 amide bonds. The van der Waals surface area contributed by atoms with Gasteiger partial charge in [-0.1, -0.05) is 121 Å². The monoisotopic (exact) mass is 1430 g/mol. The number of nitrogens with zero attached hydrogens (tertiary/aromatic N) is 18. The zero-order valence-corrected chi connectivity index (χ0v) is 60.3. The molecule has 0 radical (unpaired) electrons. The first-order valence-corrected chi connectivity index (χ1v) is 36.9. The van der Waals surface area contributed by atoms with E-state index in [2.05, 4.69) is 251 Å². The fourth-order valence-electron chi connectivity index (χ4n) is 18.3. The van der Waals surface area contributed by atoms with E-state index in [4.69, 9.17) is 12.6 Å². The molecular weight excluding hydrogens is 1360 g/mol. The molecule has 0 bridgehead atoms. The minimum Gasteiger partial charge on any atom is -0.419 e. The molecule has 0 saturated carbocycles. The van der Waals surface area contributed by atoms with Gasteiger partial charge in [-0.25, -0.2) is 45.7 Å². The largest absolute Gasteiger partial charge is 0.419 e. The van der Waals surface area contributed by atoms with E-state index in [-0.39, 0.29) is 5.65 Å². The Kier molecular flexibility index (Phi) is 12.1. The van der Waals surface area contributed by atoms with Gasteiger partial charge in [0.05, 0.1) is 132 Å². The molecule has 6 aromatic carbocycles. The SMILES string of the molecule is C[n+]1c2n(c3c4cnccc4n(-c4ccccc4)c31)Cc1ccccc1-2.C[n+]1c2n(c3c4cnccc4oc31)Cc1ccccc1-2.C[n+]1c2n(c3c4cnccc4sc31)Cc1ccccc1-2.Cn1c2ccncc2c2c1[n+](C)c1n2Cc2ccccc2-1.[2H]C([2H])([2H])n1c2ccncc2c2c1[n+](C([2H])([2H])[2H])c1n2Cc2ccccc2-1. The van der Waals surface area contributed by atoms with Gasteiger partial charge in [-0.05, 0) is 83.4 Å². The molecule has 19 nitrogen and oxygen atoms in total. The second kappa shape index (κ2) is 23.3. The van der Waals surface area contributed by atoms with Crippen LogP contribution in [0.15, 0.2) is 248 Å². The summed E-state index contributed by atoms with van der Waals surface area (Å²) in [6, 6.07) is 62.6. The lowest BCUT2D eigenvalue weighted by molar-refractivity contribution is -0.640. The molecule has 21 aromatic rings. The number of imidazole rings is 5. The summed E-state index contributed by atoms with van der Waals surface area (Å²) < 4.78 is 83.3. The van der Waals surface area contributed by atoms with Crippen molar-refractivity contribution in [3.05, 3.63) is 272 Å². The van der Waals surface area contributed by atoms with Crippen molar-refractivity contribution in [3.8, 4) is 62.6 Å². The predicted octanol–water partition coefficient (Wildman–Crippen LogP) is 14.3. The van der Waals surface area contributed by atoms with Crippen molar-refractivity contribution >= 4 is 120 Å². The number of para-hydroxylation sites is 1. The molecule has 20 heteroatoms. The third kappa shape index (κ3) is 8.59. The maximum absolute atomic E-state index is 8.13. The van der Waals surface area contributed by atoms with Gasteiger partial charge in [0, 0.05) is 83.9 Å². The molecule has 26 rings (SSSR count). The molecule has 108 heavy (non-hydrogen) atoms. The van der Waals surface area contributed by atoms with Crippen LogP contribution in [0.25, 0.3) is 171 Å². The molecule has 5 aliphatic heterocycles. The highest BCUT2D eigenvalue weighted by molar-refractivity contribution is 7.25. The zero-order valence-electron chi connectivity index (χ0n) is 65.5. The van der Waals surface area contributed by atoms with E-state index in [0.717, 1.165) is 64.1 Å². The van der Waals surface area contributed by atoms with Gasteiger partial charge in [0.25, 0.3) is 28.6 Å². The van der Waals surface area contributed by atoms with Crippen molar-refractivity contribution in [1.82, 2.24) is 61.5 Å². The van der Waals surface area contributed by atoms with Crippen LogP contribution in [0.5, 0.6) is 0 Å². The minimum atomic E-state index is -2.54. The molecule has 0 spiro atoms.